The normalized spacial score (nSPS) is 16.4. The van der Waals surface area contributed by atoms with Gasteiger partial charge in [0, 0.05) is 37.6 Å². The number of amides is 1. The average Bonchev–Trinajstić information content (AvgIpc) is 2.65. The van der Waals surface area contributed by atoms with Crippen LogP contribution in [0.5, 0.6) is 0 Å². The van der Waals surface area contributed by atoms with E-state index in [1.165, 1.54) is 18.2 Å². The average molecular weight is 359 g/mol. The summed E-state index contributed by atoms with van der Waals surface area (Å²) in [6, 6.07) is 10.8. The van der Waals surface area contributed by atoms with Gasteiger partial charge in [0.25, 0.3) is 0 Å². The van der Waals surface area contributed by atoms with Crippen molar-refractivity contribution in [3.63, 3.8) is 0 Å². The van der Waals surface area contributed by atoms with Gasteiger partial charge in [-0.3, -0.25) is 9.69 Å². The Morgan fingerprint density at radius 3 is 2.31 bits per heavy atom. The van der Waals surface area contributed by atoms with E-state index in [-0.39, 0.29) is 23.6 Å². The number of benzene rings is 2. The van der Waals surface area contributed by atoms with E-state index in [9.17, 15) is 13.6 Å². The fourth-order valence-electron chi connectivity index (χ4n) is 3.10. The monoisotopic (exact) mass is 359 g/mol. The largest absolute Gasteiger partial charge is 0.369 e. The molecule has 0 aromatic heterocycles. The van der Waals surface area contributed by atoms with Crippen molar-refractivity contribution in [3.8, 4) is 0 Å². The highest BCUT2D eigenvalue weighted by molar-refractivity contribution is 5.94. The quantitative estimate of drug-likeness (QED) is 0.909. The first-order valence-corrected chi connectivity index (χ1v) is 8.75. The van der Waals surface area contributed by atoms with Crippen LogP contribution < -0.4 is 10.2 Å². The Balaban J connectivity index is 1.55. The van der Waals surface area contributed by atoms with Crippen LogP contribution in [0.2, 0.25) is 0 Å². The molecule has 1 aliphatic rings. The molecule has 0 spiro atoms. The van der Waals surface area contributed by atoms with Gasteiger partial charge in [-0.05, 0) is 55.8 Å². The molecule has 6 heteroatoms. The molecule has 0 aliphatic carbocycles. The van der Waals surface area contributed by atoms with Gasteiger partial charge in [-0.1, -0.05) is 6.07 Å². The number of nitrogens with one attached hydrogen (secondary N) is 1. The highest BCUT2D eigenvalue weighted by Gasteiger charge is 2.25. The number of carbonyl (C=O) groups excluding carboxylic acids is 1. The number of halogens is 2. The maximum Gasteiger partial charge on any atom is 0.241 e. The minimum Gasteiger partial charge on any atom is -0.369 e. The van der Waals surface area contributed by atoms with Crippen molar-refractivity contribution in [2.75, 3.05) is 36.4 Å². The molecule has 1 unspecified atom stereocenters. The number of aryl methyl sites for hydroxylation is 1. The van der Waals surface area contributed by atoms with Gasteiger partial charge in [-0.15, -0.1) is 0 Å². The molecule has 3 rings (SSSR count). The third-order valence-corrected chi connectivity index (χ3v) is 4.87. The van der Waals surface area contributed by atoms with E-state index in [1.807, 2.05) is 6.92 Å². The second-order valence-corrected chi connectivity index (χ2v) is 6.63. The zero-order valence-electron chi connectivity index (χ0n) is 15.0. The Kier molecular flexibility index (Phi) is 5.52. The number of carbonyl (C=O) groups is 1. The summed E-state index contributed by atoms with van der Waals surface area (Å²) < 4.78 is 26.7. The molecule has 2 aromatic carbocycles. The molecule has 0 radical (unpaired) electrons. The molecule has 2 aromatic rings. The summed E-state index contributed by atoms with van der Waals surface area (Å²) in [5.74, 6) is -0.725. The molecule has 138 valence electrons. The summed E-state index contributed by atoms with van der Waals surface area (Å²) >= 11 is 0. The van der Waals surface area contributed by atoms with E-state index < -0.39 is 0 Å². The lowest BCUT2D eigenvalue weighted by Crippen LogP contribution is -2.52. The fraction of sp³-hybridized carbons (Fsp3) is 0.350. The van der Waals surface area contributed by atoms with Crippen molar-refractivity contribution in [1.29, 1.82) is 0 Å². The van der Waals surface area contributed by atoms with Crippen LogP contribution in [0.1, 0.15) is 12.5 Å². The SMILES string of the molecule is Cc1ccc(NC(=O)C(C)N2CCN(c3ccc(F)cc3)CC2)cc1F. The molecule has 0 saturated carbocycles. The van der Waals surface area contributed by atoms with Crippen LogP contribution in [0.4, 0.5) is 20.2 Å². The topological polar surface area (TPSA) is 35.6 Å². The zero-order chi connectivity index (χ0) is 18.7. The van der Waals surface area contributed by atoms with Gasteiger partial charge in [0.1, 0.15) is 11.6 Å². The molecule has 0 bridgehead atoms. The number of hydrogen-bond acceptors (Lipinski definition) is 3. The van der Waals surface area contributed by atoms with Crippen LogP contribution in [0.25, 0.3) is 0 Å². The molecular formula is C20H23F2N3O. The van der Waals surface area contributed by atoms with E-state index in [4.69, 9.17) is 0 Å². The van der Waals surface area contributed by atoms with E-state index in [0.29, 0.717) is 11.3 Å². The Morgan fingerprint density at radius 2 is 1.69 bits per heavy atom. The Hall–Kier alpha value is -2.47. The van der Waals surface area contributed by atoms with Gasteiger partial charge < -0.3 is 10.2 Å². The number of rotatable bonds is 4. The molecular weight excluding hydrogens is 336 g/mol. The Bertz CT molecular complexity index is 771. The second-order valence-electron chi connectivity index (χ2n) is 6.63. The van der Waals surface area contributed by atoms with Crippen LogP contribution >= 0.6 is 0 Å². The summed E-state index contributed by atoms with van der Waals surface area (Å²) in [6.07, 6.45) is 0. The molecule has 4 nitrogen and oxygen atoms in total. The molecule has 1 N–H and O–H groups in total. The minimum absolute atomic E-state index is 0.150. The minimum atomic E-state index is -0.330. The van der Waals surface area contributed by atoms with Crippen LogP contribution in [-0.2, 0) is 4.79 Å². The van der Waals surface area contributed by atoms with Gasteiger partial charge in [-0.2, -0.15) is 0 Å². The molecule has 1 heterocycles. The molecule has 1 atom stereocenters. The summed E-state index contributed by atoms with van der Waals surface area (Å²) in [4.78, 5) is 16.7. The smallest absolute Gasteiger partial charge is 0.241 e. The number of anilines is 2. The van der Waals surface area contributed by atoms with Crippen LogP contribution in [0.3, 0.4) is 0 Å². The van der Waals surface area contributed by atoms with E-state index in [1.54, 1.807) is 31.2 Å². The fourth-order valence-corrected chi connectivity index (χ4v) is 3.10. The number of piperazine rings is 1. The second kappa shape index (κ2) is 7.83. The van der Waals surface area contributed by atoms with Crippen LogP contribution in [0.15, 0.2) is 42.5 Å². The lowest BCUT2D eigenvalue weighted by Gasteiger charge is -2.38. The maximum absolute atomic E-state index is 13.6. The number of nitrogens with zero attached hydrogens (tertiary/aromatic N) is 2. The first-order chi connectivity index (χ1) is 12.4. The van der Waals surface area contributed by atoms with Crippen LogP contribution in [0, 0.1) is 18.6 Å². The zero-order valence-corrected chi connectivity index (χ0v) is 15.0. The summed E-state index contributed by atoms with van der Waals surface area (Å²) in [5.41, 5.74) is 2.00. The van der Waals surface area contributed by atoms with Crippen molar-refractivity contribution >= 4 is 17.3 Å². The summed E-state index contributed by atoms with van der Waals surface area (Å²) in [7, 11) is 0. The van der Waals surface area contributed by atoms with Gasteiger partial charge in [-0.25, -0.2) is 8.78 Å². The Labute approximate surface area is 152 Å². The van der Waals surface area contributed by atoms with E-state index >= 15 is 0 Å². The van der Waals surface area contributed by atoms with Crippen molar-refractivity contribution < 1.29 is 13.6 Å². The molecule has 1 fully saturated rings. The first-order valence-electron chi connectivity index (χ1n) is 8.75. The van der Waals surface area contributed by atoms with Crippen LogP contribution in [-0.4, -0.2) is 43.0 Å². The number of hydrogen-bond donors (Lipinski definition) is 1. The standard InChI is InChI=1S/C20H23F2N3O/c1-14-3-6-17(13-19(14)22)23-20(26)15(2)24-9-11-25(12-10-24)18-7-4-16(21)5-8-18/h3-8,13,15H,9-12H2,1-2H3,(H,23,26). The summed E-state index contributed by atoms with van der Waals surface area (Å²) in [5, 5.41) is 2.78. The predicted octanol–water partition coefficient (Wildman–Crippen LogP) is 3.42. The van der Waals surface area contributed by atoms with Gasteiger partial charge >= 0.3 is 0 Å². The van der Waals surface area contributed by atoms with Gasteiger partial charge in [0.2, 0.25) is 5.91 Å². The van der Waals surface area contributed by atoms with Crippen molar-refractivity contribution in [1.82, 2.24) is 4.90 Å². The van der Waals surface area contributed by atoms with E-state index in [2.05, 4.69) is 15.1 Å². The summed E-state index contributed by atoms with van der Waals surface area (Å²) in [6.45, 7) is 6.53. The third kappa shape index (κ3) is 4.19. The van der Waals surface area contributed by atoms with E-state index in [0.717, 1.165) is 31.9 Å². The van der Waals surface area contributed by atoms with Crippen molar-refractivity contribution in [3.05, 3.63) is 59.7 Å². The first kappa shape index (κ1) is 18.3. The lowest BCUT2D eigenvalue weighted by molar-refractivity contribution is -0.120. The lowest BCUT2D eigenvalue weighted by atomic mass is 10.1. The molecule has 1 aliphatic heterocycles. The molecule has 1 amide bonds. The Morgan fingerprint density at radius 1 is 1.04 bits per heavy atom. The predicted molar refractivity (Wildman–Crippen MR) is 99.4 cm³/mol. The third-order valence-electron chi connectivity index (χ3n) is 4.87. The van der Waals surface area contributed by atoms with Gasteiger partial charge in [0.05, 0.1) is 6.04 Å². The van der Waals surface area contributed by atoms with Crippen molar-refractivity contribution in [2.24, 2.45) is 0 Å². The highest BCUT2D eigenvalue weighted by Crippen LogP contribution is 2.19. The maximum atomic E-state index is 13.6. The highest BCUT2D eigenvalue weighted by atomic mass is 19.1. The van der Waals surface area contributed by atoms with Gasteiger partial charge in [0.15, 0.2) is 0 Å². The molecule has 1 saturated heterocycles. The molecule has 26 heavy (non-hydrogen) atoms. The van der Waals surface area contributed by atoms with Crippen molar-refractivity contribution in [2.45, 2.75) is 19.9 Å².